The van der Waals surface area contributed by atoms with Gasteiger partial charge in [0, 0.05) is 44.1 Å². The molecule has 1 N–H and O–H groups in total. The monoisotopic (exact) mass is 356 g/mol. The standard InChI is InChI=1S/C18H24N6S/c1-14-5-6-16(11-15(14)2)12-19-7-4-9-23(3)18-21-17(22-25-18)24-10-8-20-13-24/h5-6,8,10-11,13,19H,4,7,9,12H2,1-3H3. The lowest BCUT2D eigenvalue weighted by Crippen LogP contribution is -2.23. The Labute approximate surface area is 152 Å². The molecule has 132 valence electrons. The molecule has 6 nitrogen and oxygen atoms in total. The van der Waals surface area contributed by atoms with Gasteiger partial charge in [-0.05, 0) is 43.5 Å². The molecule has 3 rings (SSSR count). The minimum Gasteiger partial charge on any atom is -0.350 e. The van der Waals surface area contributed by atoms with Crippen LogP contribution in [0, 0.1) is 13.8 Å². The smallest absolute Gasteiger partial charge is 0.248 e. The van der Waals surface area contributed by atoms with Crippen LogP contribution < -0.4 is 10.2 Å². The largest absolute Gasteiger partial charge is 0.350 e. The van der Waals surface area contributed by atoms with E-state index in [2.05, 4.69) is 63.7 Å². The minimum absolute atomic E-state index is 0.678. The molecule has 0 fully saturated rings. The summed E-state index contributed by atoms with van der Waals surface area (Å²) in [5.41, 5.74) is 4.03. The van der Waals surface area contributed by atoms with Crippen LogP contribution in [-0.2, 0) is 6.54 Å². The number of aromatic nitrogens is 4. The van der Waals surface area contributed by atoms with E-state index in [1.807, 2.05) is 10.8 Å². The Balaban J connectivity index is 1.40. The molecule has 0 atom stereocenters. The van der Waals surface area contributed by atoms with Gasteiger partial charge < -0.3 is 10.2 Å². The number of imidazole rings is 1. The second kappa shape index (κ2) is 8.22. The van der Waals surface area contributed by atoms with Crippen LogP contribution in [0.15, 0.2) is 36.9 Å². The molecule has 2 heterocycles. The highest BCUT2D eigenvalue weighted by atomic mass is 32.1. The van der Waals surface area contributed by atoms with Crippen LogP contribution >= 0.6 is 11.5 Å². The van der Waals surface area contributed by atoms with Gasteiger partial charge in [-0.3, -0.25) is 4.57 Å². The Hall–Kier alpha value is -2.25. The van der Waals surface area contributed by atoms with Crippen molar-refractivity contribution in [1.29, 1.82) is 0 Å². The summed E-state index contributed by atoms with van der Waals surface area (Å²) in [5, 5.41) is 4.44. The van der Waals surface area contributed by atoms with E-state index in [9.17, 15) is 0 Å². The first-order valence-corrected chi connectivity index (χ1v) is 9.21. The van der Waals surface area contributed by atoms with Crippen molar-refractivity contribution in [2.75, 3.05) is 25.0 Å². The van der Waals surface area contributed by atoms with Crippen molar-refractivity contribution >= 4 is 16.7 Å². The van der Waals surface area contributed by atoms with Gasteiger partial charge in [0.25, 0.3) is 0 Å². The number of hydrogen-bond acceptors (Lipinski definition) is 6. The van der Waals surface area contributed by atoms with Gasteiger partial charge in [-0.25, -0.2) is 4.98 Å². The van der Waals surface area contributed by atoms with Crippen molar-refractivity contribution < 1.29 is 0 Å². The lowest BCUT2D eigenvalue weighted by Gasteiger charge is -2.15. The lowest BCUT2D eigenvalue weighted by molar-refractivity contribution is 0.645. The van der Waals surface area contributed by atoms with E-state index in [1.165, 1.54) is 28.2 Å². The average molecular weight is 356 g/mol. The van der Waals surface area contributed by atoms with Gasteiger partial charge in [0.05, 0.1) is 0 Å². The van der Waals surface area contributed by atoms with Crippen LogP contribution in [-0.4, -0.2) is 39.0 Å². The third kappa shape index (κ3) is 4.64. The van der Waals surface area contributed by atoms with E-state index in [0.29, 0.717) is 5.95 Å². The van der Waals surface area contributed by atoms with E-state index in [1.54, 1.807) is 12.5 Å². The maximum atomic E-state index is 4.55. The van der Waals surface area contributed by atoms with Gasteiger partial charge in [0.1, 0.15) is 6.33 Å². The van der Waals surface area contributed by atoms with E-state index in [0.717, 1.165) is 31.2 Å². The fraction of sp³-hybridized carbons (Fsp3) is 0.389. The van der Waals surface area contributed by atoms with Crippen molar-refractivity contribution in [2.24, 2.45) is 0 Å². The molecule has 2 aromatic heterocycles. The SMILES string of the molecule is Cc1ccc(CNCCCN(C)c2nc(-n3ccnc3)ns2)cc1C. The molecule has 0 bridgehead atoms. The van der Waals surface area contributed by atoms with E-state index in [-0.39, 0.29) is 0 Å². The molecule has 0 unspecified atom stereocenters. The highest BCUT2D eigenvalue weighted by Crippen LogP contribution is 2.17. The first-order valence-electron chi connectivity index (χ1n) is 8.43. The Morgan fingerprint density at radius 2 is 2.12 bits per heavy atom. The summed E-state index contributed by atoms with van der Waals surface area (Å²) in [7, 11) is 2.06. The first kappa shape index (κ1) is 17.6. The Bertz CT molecular complexity index is 796. The molecule has 0 aliphatic heterocycles. The summed E-state index contributed by atoms with van der Waals surface area (Å²) in [6, 6.07) is 6.64. The van der Waals surface area contributed by atoms with Crippen molar-refractivity contribution in [1.82, 2.24) is 24.2 Å². The second-order valence-electron chi connectivity index (χ2n) is 6.22. The van der Waals surface area contributed by atoms with Crippen LogP contribution in [0.5, 0.6) is 0 Å². The molecule has 25 heavy (non-hydrogen) atoms. The first-order chi connectivity index (χ1) is 12.1. The maximum Gasteiger partial charge on any atom is 0.248 e. The number of benzene rings is 1. The zero-order valence-electron chi connectivity index (χ0n) is 14.9. The van der Waals surface area contributed by atoms with Gasteiger partial charge >= 0.3 is 0 Å². The maximum absolute atomic E-state index is 4.55. The summed E-state index contributed by atoms with van der Waals surface area (Å²) in [6.07, 6.45) is 6.35. The Kier molecular flexibility index (Phi) is 5.78. The van der Waals surface area contributed by atoms with Crippen LogP contribution in [0.2, 0.25) is 0 Å². The Morgan fingerprint density at radius 1 is 1.24 bits per heavy atom. The van der Waals surface area contributed by atoms with Gasteiger partial charge in [-0.15, -0.1) is 0 Å². The zero-order valence-corrected chi connectivity index (χ0v) is 15.8. The molecule has 0 spiro atoms. The third-order valence-electron chi connectivity index (χ3n) is 4.21. The molecule has 0 saturated carbocycles. The predicted molar refractivity (Wildman–Crippen MR) is 103 cm³/mol. The number of anilines is 1. The molecule has 0 aliphatic rings. The fourth-order valence-electron chi connectivity index (χ4n) is 2.53. The van der Waals surface area contributed by atoms with E-state index in [4.69, 9.17) is 0 Å². The van der Waals surface area contributed by atoms with E-state index >= 15 is 0 Å². The zero-order chi connectivity index (χ0) is 17.6. The van der Waals surface area contributed by atoms with Gasteiger partial charge in [0.2, 0.25) is 11.1 Å². The number of hydrogen-bond donors (Lipinski definition) is 1. The molecule has 0 saturated heterocycles. The summed E-state index contributed by atoms with van der Waals surface area (Å²) in [6.45, 7) is 7.14. The molecule has 3 aromatic rings. The second-order valence-corrected chi connectivity index (χ2v) is 6.95. The lowest BCUT2D eigenvalue weighted by atomic mass is 10.1. The summed E-state index contributed by atoms with van der Waals surface area (Å²) in [4.78, 5) is 10.7. The topological polar surface area (TPSA) is 58.9 Å². The normalized spacial score (nSPS) is 11.0. The fourth-order valence-corrected chi connectivity index (χ4v) is 3.18. The third-order valence-corrected chi connectivity index (χ3v) is 5.03. The van der Waals surface area contributed by atoms with Gasteiger partial charge in [-0.1, -0.05) is 18.2 Å². The number of nitrogens with one attached hydrogen (secondary N) is 1. The van der Waals surface area contributed by atoms with Gasteiger partial charge in [-0.2, -0.15) is 9.36 Å². The predicted octanol–water partition coefficient (Wildman–Crippen LogP) is 2.96. The highest BCUT2D eigenvalue weighted by Gasteiger charge is 2.09. The number of rotatable bonds is 8. The van der Waals surface area contributed by atoms with Crippen LogP contribution in [0.25, 0.3) is 5.95 Å². The average Bonchev–Trinajstić information content (AvgIpc) is 3.28. The molecule has 7 heteroatoms. The minimum atomic E-state index is 0.678. The molecule has 1 aromatic carbocycles. The van der Waals surface area contributed by atoms with Gasteiger partial charge in [0.15, 0.2) is 0 Å². The summed E-state index contributed by atoms with van der Waals surface area (Å²) in [5.74, 6) is 0.678. The molecular weight excluding hydrogens is 332 g/mol. The molecule has 0 amide bonds. The molecular formula is C18H24N6S. The van der Waals surface area contributed by atoms with Crippen molar-refractivity contribution in [2.45, 2.75) is 26.8 Å². The van der Waals surface area contributed by atoms with Crippen molar-refractivity contribution in [3.05, 3.63) is 53.6 Å². The molecule has 0 aliphatic carbocycles. The Morgan fingerprint density at radius 3 is 2.88 bits per heavy atom. The van der Waals surface area contributed by atoms with Crippen LogP contribution in [0.1, 0.15) is 23.1 Å². The number of nitrogens with zero attached hydrogens (tertiary/aromatic N) is 5. The van der Waals surface area contributed by atoms with Crippen LogP contribution in [0.3, 0.4) is 0 Å². The summed E-state index contributed by atoms with van der Waals surface area (Å²) < 4.78 is 6.19. The highest BCUT2D eigenvalue weighted by molar-refractivity contribution is 7.09. The van der Waals surface area contributed by atoms with E-state index < -0.39 is 0 Å². The van der Waals surface area contributed by atoms with Crippen molar-refractivity contribution in [3.8, 4) is 5.95 Å². The number of aryl methyl sites for hydroxylation is 2. The summed E-state index contributed by atoms with van der Waals surface area (Å²) >= 11 is 1.42. The van der Waals surface area contributed by atoms with Crippen LogP contribution in [0.4, 0.5) is 5.13 Å². The molecule has 0 radical (unpaired) electrons. The van der Waals surface area contributed by atoms with Crippen molar-refractivity contribution in [3.63, 3.8) is 0 Å². The quantitative estimate of drug-likeness (QED) is 0.629.